The Labute approximate surface area is 101 Å². The van der Waals surface area contributed by atoms with Gasteiger partial charge in [-0.1, -0.05) is 6.07 Å². The fourth-order valence-corrected chi connectivity index (χ4v) is 2.51. The summed E-state index contributed by atoms with van der Waals surface area (Å²) in [4.78, 5) is 0. The number of phenolic OH excluding ortho intramolecular Hbond substituents is 1. The second kappa shape index (κ2) is 4.64. The van der Waals surface area contributed by atoms with Crippen LogP contribution in [0.15, 0.2) is 18.2 Å². The molecule has 1 aliphatic heterocycles. The van der Waals surface area contributed by atoms with Gasteiger partial charge in [0, 0.05) is 5.88 Å². The van der Waals surface area contributed by atoms with Crippen LogP contribution in [0.25, 0.3) is 0 Å². The molecule has 2 nitrogen and oxygen atoms in total. The molecule has 0 aromatic heterocycles. The Hall–Kier alpha value is -0.730. The van der Waals surface area contributed by atoms with Crippen molar-refractivity contribution in [1.82, 2.24) is 0 Å². The second-order valence-electron chi connectivity index (χ2n) is 4.46. The van der Waals surface area contributed by atoms with E-state index in [4.69, 9.17) is 16.3 Å². The highest BCUT2D eigenvalue weighted by molar-refractivity contribution is 6.17. The average molecular weight is 241 g/mol. The zero-order valence-corrected chi connectivity index (χ0v) is 10.3. The number of phenols is 1. The lowest BCUT2D eigenvalue weighted by molar-refractivity contribution is -0.0525. The van der Waals surface area contributed by atoms with Gasteiger partial charge in [0.1, 0.15) is 5.75 Å². The van der Waals surface area contributed by atoms with Crippen LogP contribution in [-0.4, -0.2) is 17.6 Å². The molecule has 16 heavy (non-hydrogen) atoms. The van der Waals surface area contributed by atoms with Gasteiger partial charge in [-0.2, -0.15) is 0 Å². The molecule has 0 radical (unpaired) electrons. The van der Waals surface area contributed by atoms with Gasteiger partial charge in [0.25, 0.3) is 0 Å². The molecular formula is C13H17ClO2. The molecule has 0 amide bonds. The zero-order valence-electron chi connectivity index (χ0n) is 9.50. The van der Waals surface area contributed by atoms with Gasteiger partial charge < -0.3 is 9.84 Å². The summed E-state index contributed by atoms with van der Waals surface area (Å²) in [5.41, 5.74) is 2.15. The third-order valence-corrected chi connectivity index (χ3v) is 3.51. The van der Waals surface area contributed by atoms with Crippen molar-refractivity contribution >= 4 is 11.6 Å². The standard InChI is InChI=1S/C13H17ClO2/c1-13(6-2-7-14)12-4-3-11(15)9-10(12)5-8-16-13/h3-4,9,15H,2,5-8H2,1H3. The van der Waals surface area contributed by atoms with Crippen LogP contribution in [0.2, 0.25) is 0 Å². The Kier molecular flexibility index (Phi) is 3.41. The predicted molar refractivity (Wildman–Crippen MR) is 65.1 cm³/mol. The molecule has 1 aromatic carbocycles. The minimum Gasteiger partial charge on any atom is -0.508 e. The van der Waals surface area contributed by atoms with Crippen LogP contribution in [-0.2, 0) is 16.8 Å². The van der Waals surface area contributed by atoms with Crippen molar-refractivity contribution in [1.29, 1.82) is 0 Å². The molecule has 0 aliphatic carbocycles. The van der Waals surface area contributed by atoms with E-state index in [1.807, 2.05) is 12.1 Å². The highest BCUT2D eigenvalue weighted by Crippen LogP contribution is 2.37. The summed E-state index contributed by atoms with van der Waals surface area (Å²) >= 11 is 5.74. The predicted octanol–water partition coefficient (Wildman–Crippen LogP) is 3.20. The molecule has 1 unspecified atom stereocenters. The molecule has 0 spiro atoms. The molecule has 1 atom stereocenters. The average Bonchev–Trinajstić information content (AvgIpc) is 2.26. The maximum Gasteiger partial charge on any atom is 0.115 e. The Morgan fingerprint density at radius 1 is 1.50 bits per heavy atom. The molecule has 1 aliphatic rings. The Bertz CT molecular complexity index is 378. The first kappa shape index (κ1) is 11.7. The molecule has 3 heteroatoms. The van der Waals surface area contributed by atoms with Crippen molar-refractivity contribution in [3.05, 3.63) is 29.3 Å². The minimum atomic E-state index is -0.240. The summed E-state index contributed by atoms with van der Waals surface area (Å²) in [6.45, 7) is 2.82. The van der Waals surface area contributed by atoms with E-state index in [0.717, 1.165) is 25.9 Å². The Morgan fingerprint density at radius 3 is 3.06 bits per heavy atom. The van der Waals surface area contributed by atoms with Crippen molar-refractivity contribution < 1.29 is 9.84 Å². The van der Waals surface area contributed by atoms with Crippen LogP contribution in [0.4, 0.5) is 0 Å². The maximum absolute atomic E-state index is 9.47. The van der Waals surface area contributed by atoms with Crippen LogP contribution < -0.4 is 0 Å². The van der Waals surface area contributed by atoms with E-state index in [9.17, 15) is 5.11 Å². The SMILES string of the molecule is CC1(CCCCl)OCCc2cc(O)ccc21. The van der Waals surface area contributed by atoms with E-state index < -0.39 is 0 Å². The van der Waals surface area contributed by atoms with Crippen LogP contribution in [0.5, 0.6) is 5.75 Å². The number of ether oxygens (including phenoxy) is 1. The van der Waals surface area contributed by atoms with E-state index in [1.54, 1.807) is 6.07 Å². The third-order valence-electron chi connectivity index (χ3n) is 3.24. The normalized spacial score (nSPS) is 24.1. The maximum atomic E-state index is 9.47. The van der Waals surface area contributed by atoms with Gasteiger partial charge >= 0.3 is 0 Å². The second-order valence-corrected chi connectivity index (χ2v) is 4.84. The topological polar surface area (TPSA) is 29.5 Å². The van der Waals surface area contributed by atoms with Crippen molar-refractivity contribution in [2.45, 2.75) is 31.8 Å². The lowest BCUT2D eigenvalue weighted by Gasteiger charge is -2.36. The first-order chi connectivity index (χ1) is 7.65. The molecular weight excluding hydrogens is 224 g/mol. The number of halogens is 1. The summed E-state index contributed by atoms with van der Waals surface area (Å²) in [5.74, 6) is 0.993. The molecule has 1 N–H and O–H groups in total. The molecule has 0 saturated heterocycles. The molecule has 1 heterocycles. The van der Waals surface area contributed by atoms with E-state index >= 15 is 0 Å². The molecule has 1 aromatic rings. The summed E-state index contributed by atoms with van der Waals surface area (Å²) in [6, 6.07) is 5.54. The van der Waals surface area contributed by atoms with E-state index in [2.05, 4.69) is 6.92 Å². The van der Waals surface area contributed by atoms with Gasteiger partial charge in [-0.05, 0) is 49.4 Å². The van der Waals surface area contributed by atoms with Crippen LogP contribution in [0, 0.1) is 0 Å². The number of benzene rings is 1. The van der Waals surface area contributed by atoms with Crippen LogP contribution in [0.1, 0.15) is 30.9 Å². The third kappa shape index (κ3) is 2.18. The molecule has 2 rings (SSSR count). The van der Waals surface area contributed by atoms with Gasteiger partial charge in [0.15, 0.2) is 0 Å². The van der Waals surface area contributed by atoms with Gasteiger partial charge in [-0.25, -0.2) is 0 Å². The lowest BCUT2D eigenvalue weighted by atomic mass is 9.84. The highest BCUT2D eigenvalue weighted by atomic mass is 35.5. The van der Waals surface area contributed by atoms with Crippen molar-refractivity contribution in [2.24, 2.45) is 0 Å². The van der Waals surface area contributed by atoms with E-state index in [0.29, 0.717) is 11.6 Å². The number of hydrogen-bond acceptors (Lipinski definition) is 2. The fraction of sp³-hybridized carbons (Fsp3) is 0.538. The minimum absolute atomic E-state index is 0.240. The quantitative estimate of drug-likeness (QED) is 0.823. The van der Waals surface area contributed by atoms with E-state index in [1.165, 1.54) is 11.1 Å². The van der Waals surface area contributed by atoms with Crippen molar-refractivity contribution in [3.63, 3.8) is 0 Å². The van der Waals surface area contributed by atoms with Gasteiger partial charge in [0.2, 0.25) is 0 Å². The number of aromatic hydroxyl groups is 1. The monoisotopic (exact) mass is 240 g/mol. The molecule has 0 fully saturated rings. The zero-order chi connectivity index (χ0) is 11.6. The molecule has 88 valence electrons. The smallest absolute Gasteiger partial charge is 0.115 e. The lowest BCUT2D eigenvalue weighted by Crippen LogP contribution is -2.32. The summed E-state index contributed by atoms with van der Waals surface area (Å²) in [6.07, 6.45) is 2.74. The first-order valence-corrected chi connectivity index (χ1v) is 6.21. The van der Waals surface area contributed by atoms with Crippen molar-refractivity contribution in [2.75, 3.05) is 12.5 Å². The van der Waals surface area contributed by atoms with Gasteiger partial charge in [-0.3, -0.25) is 0 Å². The van der Waals surface area contributed by atoms with Crippen molar-refractivity contribution in [3.8, 4) is 5.75 Å². The summed E-state index contributed by atoms with van der Waals surface area (Å²) in [7, 11) is 0. The number of alkyl halides is 1. The molecule has 0 saturated carbocycles. The summed E-state index contributed by atoms with van der Waals surface area (Å²) < 4.78 is 5.89. The number of fused-ring (bicyclic) bond motifs is 1. The first-order valence-electron chi connectivity index (χ1n) is 5.68. The molecule has 0 bridgehead atoms. The largest absolute Gasteiger partial charge is 0.508 e. The Morgan fingerprint density at radius 2 is 2.31 bits per heavy atom. The highest BCUT2D eigenvalue weighted by Gasteiger charge is 2.32. The van der Waals surface area contributed by atoms with Gasteiger partial charge in [0.05, 0.1) is 12.2 Å². The number of hydrogen-bond donors (Lipinski definition) is 1. The van der Waals surface area contributed by atoms with Crippen LogP contribution >= 0.6 is 11.6 Å². The van der Waals surface area contributed by atoms with Crippen LogP contribution in [0.3, 0.4) is 0 Å². The number of rotatable bonds is 3. The Balaban J connectivity index is 2.31. The van der Waals surface area contributed by atoms with E-state index in [-0.39, 0.29) is 5.60 Å². The van der Waals surface area contributed by atoms with Gasteiger partial charge in [-0.15, -0.1) is 11.6 Å². The summed E-state index contributed by atoms with van der Waals surface area (Å²) in [5, 5.41) is 9.47. The fourth-order valence-electron chi connectivity index (χ4n) is 2.38.